The third-order valence-electron chi connectivity index (χ3n) is 2.32. The highest BCUT2D eigenvalue weighted by atomic mass is 15.0. The molecule has 13 heavy (non-hydrogen) atoms. The fourth-order valence-electron chi connectivity index (χ4n) is 1.72. The molecule has 2 heterocycles. The molecular weight excluding hydrogens is 162 g/mol. The molecule has 0 bridgehead atoms. The first-order chi connectivity index (χ1) is 6.34. The van der Waals surface area contributed by atoms with E-state index < -0.39 is 0 Å². The van der Waals surface area contributed by atoms with Crippen LogP contribution < -0.4 is 5.73 Å². The molecule has 3 rings (SSSR count). The minimum Gasteiger partial charge on any atom is -0.399 e. The van der Waals surface area contributed by atoms with Crippen molar-refractivity contribution in [3.63, 3.8) is 0 Å². The van der Waals surface area contributed by atoms with Crippen LogP contribution in [0.5, 0.6) is 0 Å². The van der Waals surface area contributed by atoms with E-state index in [2.05, 4.69) is 15.5 Å². The van der Waals surface area contributed by atoms with Crippen LogP contribution in [0.15, 0.2) is 36.7 Å². The van der Waals surface area contributed by atoms with Gasteiger partial charge in [-0.05, 0) is 24.3 Å². The number of nitrogen functional groups attached to an aromatic ring is 1. The maximum Gasteiger partial charge on any atom is 0.115 e. The topological polar surface area (TPSA) is 46.2 Å². The normalized spacial score (nSPS) is 11.4. The van der Waals surface area contributed by atoms with Crippen molar-refractivity contribution >= 4 is 22.2 Å². The van der Waals surface area contributed by atoms with Crippen molar-refractivity contribution in [3.05, 3.63) is 36.7 Å². The van der Waals surface area contributed by atoms with E-state index in [0.717, 1.165) is 11.3 Å². The van der Waals surface area contributed by atoms with Gasteiger partial charge in [0, 0.05) is 23.5 Å². The second-order valence-corrected chi connectivity index (χ2v) is 3.18. The van der Waals surface area contributed by atoms with Crippen molar-refractivity contribution in [2.45, 2.75) is 0 Å². The van der Waals surface area contributed by atoms with Gasteiger partial charge in [0.05, 0.1) is 5.52 Å². The molecular formula is C10H9N3. The maximum absolute atomic E-state index is 5.69. The Bertz CT molecular complexity index is 574. The predicted octanol–water partition coefficient (Wildman–Crippen LogP) is 2.00. The van der Waals surface area contributed by atoms with Gasteiger partial charge in [-0.15, -0.1) is 0 Å². The van der Waals surface area contributed by atoms with Gasteiger partial charge >= 0.3 is 0 Å². The van der Waals surface area contributed by atoms with E-state index >= 15 is 0 Å². The Morgan fingerprint density at radius 3 is 3.08 bits per heavy atom. The Morgan fingerprint density at radius 2 is 2.15 bits per heavy atom. The van der Waals surface area contributed by atoms with Crippen LogP contribution in [0.2, 0.25) is 0 Å². The number of nitrogens with one attached hydrogen (secondary N) is 1. The number of H-pyrrole nitrogens is 1. The van der Waals surface area contributed by atoms with Gasteiger partial charge in [0.1, 0.15) is 5.65 Å². The molecule has 1 aromatic carbocycles. The highest BCUT2D eigenvalue weighted by molar-refractivity contribution is 5.88. The molecule has 0 radical (unpaired) electrons. The number of hydrogen-bond donors (Lipinski definition) is 2. The zero-order valence-electron chi connectivity index (χ0n) is 6.99. The molecule has 0 unspecified atom stereocenters. The van der Waals surface area contributed by atoms with E-state index in [9.17, 15) is 0 Å². The molecule has 0 saturated carbocycles. The Hall–Kier alpha value is -1.90. The van der Waals surface area contributed by atoms with Gasteiger partial charge in [0.25, 0.3) is 0 Å². The number of rotatable bonds is 0. The lowest BCUT2D eigenvalue weighted by atomic mass is 10.2. The quantitative estimate of drug-likeness (QED) is 0.499. The van der Waals surface area contributed by atoms with Gasteiger partial charge in [-0.2, -0.15) is 0 Å². The summed E-state index contributed by atoms with van der Waals surface area (Å²) >= 11 is 0. The van der Waals surface area contributed by atoms with Crippen LogP contribution in [0.25, 0.3) is 16.6 Å². The summed E-state index contributed by atoms with van der Waals surface area (Å²) in [5, 5.41) is 1.17. The summed E-state index contributed by atoms with van der Waals surface area (Å²) in [4.78, 5) is 3.15. The lowest BCUT2D eigenvalue weighted by Crippen LogP contribution is -1.83. The molecule has 3 N–H and O–H groups in total. The van der Waals surface area contributed by atoms with Crippen LogP contribution in [0.3, 0.4) is 0 Å². The zero-order valence-corrected chi connectivity index (χ0v) is 6.99. The molecule has 0 saturated heterocycles. The number of hydrogen-bond acceptors (Lipinski definition) is 1. The van der Waals surface area contributed by atoms with Crippen molar-refractivity contribution in [2.75, 3.05) is 5.73 Å². The highest BCUT2D eigenvalue weighted by Gasteiger charge is 2.01. The number of nitrogens with two attached hydrogens (primary N) is 1. The first kappa shape index (κ1) is 6.60. The molecule has 0 aliphatic carbocycles. The second-order valence-electron chi connectivity index (χ2n) is 3.18. The largest absolute Gasteiger partial charge is 0.399 e. The van der Waals surface area contributed by atoms with Gasteiger partial charge in [0.2, 0.25) is 0 Å². The average molecular weight is 171 g/mol. The fraction of sp³-hybridized carbons (Fsp3) is 0. The van der Waals surface area contributed by atoms with E-state index in [-0.39, 0.29) is 0 Å². The lowest BCUT2D eigenvalue weighted by molar-refractivity contribution is 1.29. The maximum atomic E-state index is 5.69. The van der Waals surface area contributed by atoms with E-state index in [1.807, 2.05) is 30.6 Å². The second kappa shape index (κ2) is 2.07. The third-order valence-corrected chi connectivity index (χ3v) is 2.32. The van der Waals surface area contributed by atoms with Crippen LogP contribution in [-0.2, 0) is 0 Å². The zero-order chi connectivity index (χ0) is 8.84. The summed E-state index contributed by atoms with van der Waals surface area (Å²) in [6.07, 6.45) is 3.93. The lowest BCUT2D eigenvalue weighted by Gasteiger charge is -1.93. The van der Waals surface area contributed by atoms with E-state index in [0.29, 0.717) is 0 Å². The number of imidazole rings is 1. The van der Waals surface area contributed by atoms with Crippen molar-refractivity contribution in [1.29, 1.82) is 0 Å². The molecule has 0 fully saturated rings. The standard InChI is InChI=1S/C10H9N3/c11-8-1-2-9-7(5-8)6-10-12-3-4-13(9)10/h1-6,12H,11H2. The fourth-order valence-corrected chi connectivity index (χ4v) is 1.72. The molecule has 0 atom stereocenters. The first-order valence-electron chi connectivity index (χ1n) is 4.18. The monoisotopic (exact) mass is 171 g/mol. The van der Waals surface area contributed by atoms with Crippen LogP contribution in [0, 0.1) is 0 Å². The molecule has 3 aromatic rings. The molecule has 0 aliphatic rings. The van der Waals surface area contributed by atoms with Crippen LogP contribution in [-0.4, -0.2) is 9.38 Å². The van der Waals surface area contributed by atoms with Gasteiger partial charge in [-0.3, -0.25) is 0 Å². The first-order valence-corrected chi connectivity index (χ1v) is 4.18. The minimum atomic E-state index is 0.806. The van der Waals surface area contributed by atoms with Crippen molar-refractivity contribution in [3.8, 4) is 0 Å². The summed E-state index contributed by atoms with van der Waals surface area (Å²) < 4.78 is 2.11. The molecule has 3 nitrogen and oxygen atoms in total. The molecule has 0 spiro atoms. The van der Waals surface area contributed by atoms with E-state index in [4.69, 9.17) is 5.73 Å². The number of aromatic amines is 1. The van der Waals surface area contributed by atoms with E-state index in [1.54, 1.807) is 0 Å². The van der Waals surface area contributed by atoms with Crippen LogP contribution in [0.4, 0.5) is 5.69 Å². The Morgan fingerprint density at radius 1 is 1.23 bits per heavy atom. The Labute approximate surface area is 74.8 Å². The summed E-state index contributed by atoms with van der Waals surface area (Å²) in [5.74, 6) is 0. The van der Waals surface area contributed by atoms with Gasteiger partial charge in [-0.1, -0.05) is 0 Å². The molecule has 2 aromatic heterocycles. The molecule has 0 amide bonds. The predicted molar refractivity (Wildman–Crippen MR) is 53.7 cm³/mol. The summed E-state index contributed by atoms with van der Waals surface area (Å²) in [6.45, 7) is 0. The Balaban J connectivity index is 2.59. The van der Waals surface area contributed by atoms with Crippen molar-refractivity contribution in [1.82, 2.24) is 9.38 Å². The summed E-state index contributed by atoms with van der Waals surface area (Å²) in [7, 11) is 0. The summed E-state index contributed by atoms with van der Waals surface area (Å²) in [6, 6.07) is 8.02. The number of nitrogens with zero attached hydrogens (tertiary/aromatic N) is 1. The average Bonchev–Trinajstić information content (AvgIpc) is 2.62. The summed E-state index contributed by atoms with van der Waals surface area (Å²) in [5.41, 5.74) is 8.78. The van der Waals surface area contributed by atoms with Crippen molar-refractivity contribution in [2.24, 2.45) is 0 Å². The highest BCUT2D eigenvalue weighted by Crippen LogP contribution is 2.21. The van der Waals surface area contributed by atoms with Crippen LogP contribution >= 0.6 is 0 Å². The number of anilines is 1. The Kier molecular flexibility index (Phi) is 1.05. The smallest absolute Gasteiger partial charge is 0.115 e. The van der Waals surface area contributed by atoms with Gasteiger partial charge in [0.15, 0.2) is 0 Å². The molecule has 3 heteroatoms. The minimum absolute atomic E-state index is 0.806. The van der Waals surface area contributed by atoms with Crippen molar-refractivity contribution < 1.29 is 0 Å². The molecule has 64 valence electrons. The SMILES string of the molecule is Nc1ccc2c(c1)cc1[nH]ccn12. The number of aromatic nitrogens is 2. The van der Waals surface area contributed by atoms with E-state index in [1.165, 1.54) is 10.9 Å². The van der Waals surface area contributed by atoms with Gasteiger partial charge < -0.3 is 15.1 Å². The van der Waals surface area contributed by atoms with Gasteiger partial charge in [-0.25, -0.2) is 0 Å². The van der Waals surface area contributed by atoms with Crippen LogP contribution in [0.1, 0.15) is 0 Å². The number of benzene rings is 1. The molecule has 0 aliphatic heterocycles. The number of fused-ring (bicyclic) bond motifs is 3. The third kappa shape index (κ3) is 0.783.